The number of benzene rings is 1. The molecule has 1 saturated heterocycles. The van der Waals surface area contributed by atoms with Gasteiger partial charge in [0, 0.05) is 35.9 Å². The van der Waals surface area contributed by atoms with Crippen LogP contribution in [0.15, 0.2) is 42.5 Å². The molecule has 3 aromatic rings. The summed E-state index contributed by atoms with van der Waals surface area (Å²) in [4.78, 5) is 25.5. The molecule has 1 amide bonds. The van der Waals surface area contributed by atoms with Crippen LogP contribution in [0, 0.1) is 0 Å². The molecule has 0 aliphatic carbocycles. The molecule has 36 heavy (non-hydrogen) atoms. The van der Waals surface area contributed by atoms with Crippen molar-refractivity contribution in [1.82, 2.24) is 14.9 Å². The van der Waals surface area contributed by atoms with E-state index in [1.54, 1.807) is 23.1 Å². The van der Waals surface area contributed by atoms with Crippen LogP contribution in [0.1, 0.15) is 12.1 Å². The number of nitrogens with one attached hydrogen (secondary N) is 1. The second kappa shape index (κ2) is 11.3. The number of hydrogen-bond donors (Lipinski definition) is 4. The van der Waals surface area contributed by atoms with Crippen LogP contribution in [-0.4, -0.2) is 64.4 Å². The van der Waals surface area contributed by atoms with Crippen LogP contribution in [0.3, 0.4) is 0 Å². The van der Waals surface area contributed by atoms with Crippen molar-refractivity contribution >= 4 is 52.1 Å². The minimum atomic E-state index is -0.0678. The van der Waals surface area contributed by atoms with Crippen molar-refractivity contribution < 1.29 is 15.2 Å². The van der Waals surface area contributed by atoms with Crippen LogP contribution >= 0.6 is 23.2 Å². The van der Waals surface area contributed by atoms with Crippen molar-refractivity contribution in [2.45, 2.75) is 12.8 Å². The van der Waals surface area contributed by atoms with Crippen LogP contribution in [0.2, 0.25) is 10.0 Å². The van der Waals surface area contributed by atoms with E-state index in [2.05, 4.69) is 10.3 Å². The molecule has 0 radical (unpaired) electrons. The quantitative estimate of drug-likeness (QED) is 0.252. The van der Waals surface area contributed by atoms with Gasteiger partial charge in [0.2, 0.25) is 5.91 Å². The van der Waals surface area contributed by atoms with Crippen LogP contribution in [0.25, 0.3) is 11.3 Å². The number of nitrogens with two attached hydrogens (primary N) is 1. The van der Waals surface area contributed by atoms with E-state index in [1.165, 1.54) is 6.07 Å². The molecule has 190 valence electrons. The third kappa shape index (κ3) is 5.97. The first kappa shape index (κ1) is 25.9. The van der Waals surface area contributed by atoms with E-state index in [1.807, 2.05) is 30.1 Å². The fraction of sp³-hybridized carbons (Fsp3) is 0.292. The number of rotatable bonds is 8. The van der Waals surface area contributed by atoms with Crippen molar-refractivity contribution in [1.29, 1.82) is 0 Å². The SMILES string of the molecule is CN1CCN(c2ccc(CCCNc3ccc(N(O)O)c(N)n3)nc2-c2ccc(Cl)cc2Cl)C(=O)C1. The Kier molecular flexibility index (Phi) is 8.12. The number of nitrogen functional groups attached to an aromatic ring is 1. The molecule has 1 aliphatic heterocycles. The largest absolute Gasteiger partial charge is 0.382 e. The number of halogens is 2. The molecule has 5 N–H and O–H groups in total. The first-order valence-corrected chi connectivity index (χ1v) is 12.1. The van der Waals surface area contributed by atoms with Gasteiger partial charge in [-0.3, -0.25) is 25.1 Å². The van der Waals surface area contributed by atoms with Gasteiger partial charge in [0.1, 0.15) is 11.5 Å². The normalized spacial score (nSPS) is 14.2. The van der Waals surface area contributed by atoms with Gasteiger partial charge in [-0.15, -0.1) is 5.23 Å². The highest BCUT2D eigenvalue weighted by Crippen LogP contribution is 2.36. The summed E-state index contributed by atoms with van der Waals surface area (Å²) in [6.45, 7) is 2.26. The number of hydrogen-bond acceptors (Lipinski definition) is 9. The van der Waals surface area contributed by atoms with Crippen LogP contribution < -0.4 is 21.2 Å². The lowest BCUT2D eigenvalue weighted by Crippen LogP contribution is -2.49. The van der Waals surface area contributed by atoms with E-state index in [4.69, 9.17) is 44.3 Å². The Hall–Kier alpha value is -3.15. The molecule has 12 heteroatoms. The van der Waals surface area contributed by atoms with Crippen molar-refractivity contribution in [3.05, 3.63) is 58.2 Å². The monoisotopic (exact) mass is 531 g/mol. The number of nitrogens with zero attached hydrogens (tertiary/aromatic N) is 5. The van der Waals surface area contributed by atoms with Crippen LogP contribution in [0.5, 0.6) is 0 Å². The first-order valence-electron chi connectivity index (χ1n) is 11.4. The van der Waals surface area contributed by atoms with Gasteiger partial charge >= 0.3 is 0 Å². The lowest BCUT2D eigenvalue weighted by molar-refractivity contribution is -0.120. The number of amides is 1. The molecule has 1 aliphatic rings. The highest BCUT2D eigenvalue weighted by molar-refractivity contribution is 6.36. The van der Waals surface area contributed by atoms with E-state index < -0.39 is 0 Å². The molecule has 0 atom stereocenters. The summed E-state index contributed by atoms with van der Waals surface area (Å²) in [5.74, 6) is 0.519. The van der Waals surface area contributed by atoms with Crippen molar-refractivity contribution in [2.24, 2.45) is 0 Å². The Morgan fingerprint density at radius 2 is 1.92 bits per heavy atom. The van der Waals surface area contributed by atoms with E-state index >= 15 is 0 Å². The third-order valence-electron chi connectivity index (χ3n) is 5.85. The van der Waals surface area contributed by atoms with Crippen molar-refractivity contribution in [3.8, 4) is 11.3 Å². The lowest BCUT2D eigenvalue weighted by atomic mass is 10.1. The number of aryl methyl sites for hydroxylation is 1. The van der Waals surface area contributed by atoms with E-state index in [0.29, 0.717) is 53.2 Å². The minimum absolute atomic E-state index is 0.00272. The topological polar surface area (TPSA) is 131 Å². The highest BCUT2D eigenvalue weighted by Gasteiger charge is 2.26. The van der Waals surface area contributed by atoms with Gasteiger partial charge in [0.05, 0.1) is 22.9 Å². The maximum Gasteiger partial charge on any atom is 0.241 e. The van der Waals surface area contributed by atoms with Crippen LogP contribution in [-0.2, 0) is 11.2 Å². The van der Waals surface area contributed by atoms with Gasteiger partial charge in [-0.1, -0.05) is 23.2 Å². The predicted molar refractivity (Wildman–Crippen MR) is 141 cm³/mol. The number of carbonyl (C=O) groups is 1. The summed E-state index contributed by atoms with van der Waals surface area (Å²) in [7, 11) is 1.92. The van der Waals surface area contributed by atoms with Gasteiger partial charge in [0.15, 0.2) is 5.82 Å². The number of aromatic nitrogens is 2. The fourth-order valence-corrected chi connectivity index (χ4v) is 4.49. The summed E-state index contributed by atoms with van der Waals surface area (Å²) in [5, 5.41) is 22.3. The molecule has 0 unspecified atom stereocenters. The number of likely N-dealkylation sites (N-methyl/N-ethyl adjacent to an activating group) is 1. The zero-order chi connectivity index (χ0) is 25.8. The number of piperazine rings is 1. The molecule has 0 spiro atoms. The van der Waals surface area contributed by atoms with Crippen LogP contribution in [0.4, 0.5) is 23.0 Å². The zero-order valence-electron chi connectivity index (χ0n) is 19.7. The first-order chi connectivity index (χ1) is 17.2. The zero-order valence-corrected chi connectivity index (χ0v) is 21.2. The third-order valence-corrected chi connectivity index (χ3v) is 6.40. The van der Waals surface area contributed by atoms with E-state index in [9.17, 15) is 4.79 Å². The van der Waals surface area contributed by atoms with E-state index in [-0.39, 0.29) is 22.6 Å². The Labute approximate surface area is 218 Å². The van der Waals surface area contributed by atoms with E-state index in [0.717, 1.165) is 24.3 Å². The molecule has 0 saturated carbocycles. The van der Waals surface area contributed by atoms with Gasteiger partial charge in [-0.05, 0) is 62.4 Å². The van der Waals surface area contributed by atoms with Gasteiger partial charge in [-0.2, -0.15) is 0 Å². The molecule has 1 fully saturated rings. The molecule has 3 heterocycles. The van der Waals surface area contributed by atoms with Crippen molar-refractivity contribution in [3.63, 3.8) is 0 Å². The average Bonchev–Trinajstić information content (AvgIpc) is 2.82. The molecule has 0 bridgehead atoms. The Morgan fingerprint density at radius 1 is 1.11 bits per heavy atom. The lowest BCUT2D eigenvalue weighted by Gasteiger charge is -2.33. The van der Waals surface area contributed by atoms with Gasteiger partial charge < -0.3 is 16.0 Å². The number of anilines is 4. The molecular weight excluding hydrogens is 505 g/mol. The average molecular weight is 532 g/mol. The highest BCUT2D eigenvalue weighted by atomic mass is 35.5. The van der Waals surface area contributed by atoms with Gasteiger partial charge in [0.25, 0.3) is 0 Å². The standard InChI is InChI=1S/C24H27Cl2N7O3/c1-31-11-12-32(22(34)14-31)19-7-5-16(29-23(19)17-6-4-15(25)13-18(17)26)3-2-10-28-21-9-8-20(33(35)36)24(27)30-21/h4-9,13,35-36H,2-3,10-12,14H2,1H3,(H3,27,28,30). The number of pyridine rings is 2. The summed E-state index contributed by atoms with van der Waals surface area (Å²) in [6, 6.07) is 12.2. The Balaban J connectivity index is 1.51. The summed E-state index contributed by atoms with van der Waals surface area (Å²) < 4.78 is 0. The predicted octanol–water partition coefficient (Wildman–Crippen LogP) is 3.94. The fourth-order valence-electron chi connectivity index (χ4n) is 4.00. The molecule has 4 rings (SSSR count). The smallest absolute Gasteiger partial charge is 0.241 e. The molecule has 1 aromatic carbocycles. The maximum absolute atomic E-state index is 12.8. The Bertz CT molecular complexity index is 1260. The summed E-state index contributed by atoms with van der Waals surface area (Å²) in [6.07, 6.45) is 1.40. The summed E-state index contributed by atoms with van der Waals surface area (Å²) in [5.41, 5.74) is 8.65. The summed E-state index contributed by atoms with van der Waals surface area (Å²) >= 11 is 12.6. The second-order valence-corrected chi connectivity index (χ2v) is 9.34. The molecule has 10 nitrogen and oxygen atoms in total. The number of carbonyl (C=O) groups excluding carboxylic acids is 1. The maximum atomic E-state index is 12.8. The minimum Gasteiger partial charge on any atom is -0.382 e. The molecular formula is C24H27Cl2N7O3. The van der Waals surface area contributed by atoms with Crippen molar-refractivity contribution in [2.75, 3.05) is 54.4 Å². The molecule has 2 aromatic heterocycles. The Morgan fingerprint density at radius 3 is 2.61 bits per heavy atom. The van der Waals surface area contributed by atoms with Gasteiger partial charge in [-0.25, -0.2) is 4.98 Å². The second-order valence-electron chi connectivity index (χ2n) is 8.50.